The van der Waals surface area contributed by atoms with Crippen molar-refractivity contribution in [2.24, 2.45) is 17.1 Å². The standard InChI is InChI=1S/C30H36F3N3O4/c1-19(2)24-25(38)36(23(22-15-11-8-12-16-22)18-35(24)26(39)27(4,5)6)28(20(3)37,29(34,40)30(31,32)33)17-21-13-9-7-10-14-21/h7-16,18-19,24,40H,17,34H2,1-6H3. The number of halogens is 3. The van der Waals surface area contributed by atoms with Gasteiger partial charge in [-0.2, -0.15) is 13.2 Å². The van der Waals surface area contributed by atoms with Crippen molar-refractivity contribution in [1.29, 1.82) is 0 Å². The summed E-state index contributed by atoms with van der Waals surface area (Å²) in [6.45, 7) is 9.16. The van der Waals surface area contributed by atoms with Gasteiger partial charge in [0.15, 0.2) is 11.3 Å². The van der Waals surface area contributed by atoms with E-state index in [2.05, 4.69) is 0 Å². The van der Waals surface area contributed by atoms with E-state index >= 15 is 0 Å². The molecule has 0 bridgehead atoms. The first-order valence-electron chi connectivity index (χ1n) is 12.9. The molecule has 0 saturated heterocycles. The Morgan fingerprint density at radius 1 is 0.975 bits per heavy atom. The van der Waals surface area contributed by atoms with Crippen LogP contribution in [0.3, 0.4) is 0 Å². The Morgan fingerprint density at radius 2 is 1.48 bits per heavy atom. The van der Waals surface area contributed by atoms with Gasteiger partial charge in [-0.25, -0.2) is 0 Å². The lowest BCUT2D eigenvalue weighted by Gasteiger charge is -2.54. The maximum atomic E-state index is 14.7. The molecule has 3 N–H and O–H groups in total. The van der Waals surface area contributed by atoms with E-state index in [1.165, 1.54) is 35.4 Å². The van der Waals surface area contributed by atoms with Gasteiger partial charge in [0.1, 0.15) is 6.04 Å². The van der Waals surface area contributed by atoms with E-state index < -0.39 is 58.8 Å². The van der Waals surface area contributed by atoms with Gasteiger partial charge < -0.3 is 10.0 Å². The molecule has 0 aromatic heterocycles. The largest absolute Gasteiger partial charge is 0.433 e. The molecule has 2 aromatic rings. The normalized spacial score (nSPS) is 19.6. The first-order valence-corrected chi connectivity index (χ1v) is 12.9. The van der Waals surface area contributed by atoms with Crippen molar-refractivity contribution in [3.8, 4) is 0 Å². The lowest BCUT2D eigenvalue weighted by Crippen LogP contribution is -2.80. The molecule has 0 fully saturated rings. The fourth-order valence-electron chi connectivity index (χ4n) is 5.08. The molecule has 0 aliphatic carbocycles. The van der Waals surface area contributed by atoms with E-state index in [1.807, 2.05) is 0 Å². The Morgan fingerprint density at radius 3 is 1.90 bits per heavy atom. The zero-order valence-corrected chi connectivity index (χ0v) is 23.5. The van der Waals surface area contributed by atoms with Crippen molar-refractivity contribution in [3.63, 3.8) is 0 Å². The number of rotatable bonds is 7. The van der Waals surface area contributed by atoms with Crippen molar-refractivity contribution in [2.75, 3.05) is 0 Å². The number of carbonyl (C=O) groups is 3. The predicted molar refractivity (Wildman–Crippen MR) is 145 cm³/mol. The number of hydrogen-bond acceptors (Lipinski definition) is 5. The highest BCUT2D eigenvalue weighted by Gasteiger charge is 2.71. The highest BCUT2D eigenvalue weighted by atomic mass is 19.4. The van der Waals surface area contributed by atoms with Gasteiger partial charge in [-0.05, 0) is 24.0 Å². The summed E-state index contributed by atoms with van der Waals surface area (Å²) in [6.07, 6.45) is -4.98. The van der Waals surface area contributed by atoms with Gasteiger partial charge in [-0.1, -0.05) is 95.3 Å². The third-order valence-electron chi connectivity index (χ3n) is 7.18. The third-order valence-corrected chi connectivity index (χ3v) is 7.18. The summed E-state index contributed by atoms with van der Waals surface area (Å²) in [7, 11) is 0. The summed E-state index contributed by atoms with van der Waals surface area (Å²) in [6, 6.07) is 14.4. The number of hydrogen-bond donors (Lipinski definition) is 2. The van der Waals surface area contributed by atoms with E-state index in [0.717, 1.165) is 6.92 Å². The van der Waals surface area contributed by atoms with Crippen LogP contribution >= 0.6 is 0 Å². The monoisotopic (exact) mass is 559 g/mol. The SMILES string of the molecule is CC(=O)C(Cc1ccccc1)(N1C(=O)C(C(C)C)N(C(=O)C(C)(C)C)C=C1c1ccccc1)C(N)(O)C(F)(F)F. The number of alkyl halides is 3. The summed E-state index contributed by atoms with van der Waals surface area (Å²) < 4.78 is 44.0. The van der Waals surface area contributed by atoms with E-state index in [4.69, 9.17) is 5.73 Å². The van der Waals surface area contributed by atoms with Crippen molar-refractivity contribution in [2.45, 2.75) is 71.4 Å². The minimum Gasteiger partial charge on any atom is -0.366 e. The molecule has 40 heavy (non-hydrogen) atoms. The van der Waals surface area contributed by atoms with Crippen LogP contribution in [0.2, 0.25) is 0 Å². The van der Waals surface area contributed by atoms with Gasteiger partial charge in [0, 0.05) is 18.0 Å². The third kappa shape index (κ3) is 5.30. The Hall–Kier alpha value is -3.50. The Labute approximate surface area is 232 Å². The number of amides is 2. The lowest BCUT2D eigenvalue weighted by molar-refractivity contribution is -0.291. The average molecular weight is 560 g/mol. The molecule has 3 atom stereocenters. The molecule has 10 heteroatoms. The Bertz CT molecular complexity index is 1280. The molecule has 0 spiro atoms. The highest BCUT2D eigenvalue weighted by molar-refractivity contribution is 6.03. The maximum absolute atomic E-state index is 14.7. The Balaban J connectivity index is 2.50. The van der Waals surface area contributed by atoms with Gasteiger partial charge in [0.25, 0.3) is 5.91 Å². The zero-order valence-electron chi connectivity index (χ0n) is 23.5. The smallest absolute Gasteiger partial charge is 0.366 e. The molecule has 0 radical (unpaired) electrons. The first-order chi connectivity index (χ1) is 18.4. The number of Topliss-reactive ketones (excluding diaryl/α,β-unsaturated/α-hetero) is 1. The minimum absolute atomic E-state index is 0.167. The highest BCUT2D eigenvalue weighted by Crippen LogP contribution is 2.47. The van der Waals surface area contributed by atoms with E-state index in [1.54, 1.807) is 71.0 Å². The summed E-state index contributed by atoms with van der Waals surface area (Å²) >= 11 is 0. The van der Waals surface area contributed by atoms with Crippen molar-refractivity contribution < 1.29 is 32.7 Å². The molecule has 7 nitrogen and oxygen atoms in total. The fourth-order valence-corrected chi connectivity index (χ4v) is 5.08. The number of nitrogens with two attached hydrogens (primary N) is 1. The second-order valence-corrected chi connectivity index (χ2v) is 11.5. The molecular weight excluding hydrogens is 523 g/mol. The van der Waals surface area contributed by atoms with Gasteiger partial charge in [-0.3, -0.25) is 25.0 Å². The number of nitrogens with zero attached hydrogens (tertiary/aromatic N) is 2. The van der Waals surface area contributed by atoms with Crippen LogP contribution in [0.1, 0.15) is 52.7 Å². The topological polar surface area (TPSA) is 104 Å². The van der Waals surface area contributed by atoms with E-state index in [9.17, 15) is 32.7 Å². The molecule has 1 aliphatic heterocycles. The lowest BCUT2D eigenvalue weighted by atomic mass is 9.74. The van der Waals surface area contributed by atoms with Crippen LogP contribution in [0.4, 0.5) is 13.2 Å². The summed E-state index contributed by atoms with van der Waals surface area (Å²) in [4.78, 5) is 43.6. The quantitative estimate of drug-likeness (QED) is 0.486. The number of benzene rings is 2. The molecule has 1 heterocycles. The van der Waals surface area contributed by atoms with Gasteiger partial charge >= 0.3 is 6.18 Å². The average Bonchev–Trinajstić information content (AvgIpc) is 2.85. The van der Waals surface area contributed by atoms with Crippen LogP contribution in [0.25, 0.3) is 5.70 Å². The molecule has 3 unspecified atom stereocenters. The summed E-state index contributed by atoms with van der Waals surface area (Å²) in [5.74, 6) is -3.16. The van der Waals surface area contributed by atoms with E-state index in [0.29, 0.717) is 4.90 Å². The molecular formula is C30H36F3N3O4. The molecule has 216 valence electrons. The first kappa shape index (κ1) is 31.0. The maximum Gasteiger partial charge on any atom is 0.433 e. The van der Waals surface area contributed by atoms with Crippen LogP contribution in [0.5, 0.6) is 0 Å². The van der Waals surface area contributed by atoms with Crippen LogP contribution in [0, 0.1) is 11.3 Å². The molecule has 0 saturated carbocycles. The van der Waals surface area contributed by atoms with Gasteiger partial charge in [-0.15, -0.1) is 0 Å². The Kier molecular flexibility index (Phi) is 8.39. The van der Waals surface area contributed by atoms with Crippen LogP contribution in [0.15, 0.2) is 66.9 Å². The summed E-state index contributed by atoms with van der Waals surface area (Å²) in [5.41, 5.74) is -2.09. The fraction of sp³-hybridized carbons (Fsp3) is 0.433. The molecule has 1 aliphatic rings. The predicted octanol–water partition coefficient (Wildman–Crippen LogP) is 4.51. The van der Waals surface area contributed by atoms with Crippen molar-refractivity contribution in [1.82, 2.24) is 9.80 Å². The van der Waals surface area contributed by atoms with Gasteiger partial charge in [0.05, 0.1) is 5.70 Å². The number of aliphatic hydroxyl groups is 1. The number of ketones is 1. The van der Waals surface area contributed by atoms with Gasteiger partial charge in [0.2, 0.25) is 11.6 Å². The van der Waals surface area contributed by atoms with E-state index in [-0.39, 0.29) is 16.8 Å². The summed E-state index contributed by atoms with van der Waals surface area (Å²) in [5, 5.41) is 11.2. The van der Waals surface area contributed by atoms with Crippen LogP contribution < -0.4 is 5.73 Å². The second-order valence-electron chi connectivity index (χ2n) is 11.5. The minimum atomic E-state index is -5.53. The molecule has 3 rings (SSSR count). The van der Waals surface area contributed by atoms with Crippen molar-refractivity contribution in [3.05, 3.63) is 78.0 Å². The zero-order chi connectivity index (χ0) is 30.3. The van der Waals surface area contributed by atoms with Crippen molar-refractivity contribution >= 4 is 23.3 Å². The molecule has 2 amide bonds. The second kappa shape index (κ2) is 10.8. The number of carbonyl (C=O) groups excluding carboxylic acids is 3. The van der Waals surface area contributed by atoms with Crippen LogP contribution in [-0.4, -0.2) is 56.0 Å². The van der Waals surface area contributed by atoms with Crippen LogP contribution in [-0.2, 0) is 20.8 Å². The molecule has 2 aromatic carbocycles.